The Morgan fingerprint density at radius 2 is 2.40 bits per heavy atom. The molecule has 1 aromatic heterocycles. The Hall–Kier alpha value is -1.01. The zero-order valence-electron chi connectivity index (χ0n) is 8.62. The standard InChI is InChI=1S/C9H15F2N3O/c1-2-15-6-4-12-7-8-13-3-5-14(8)9(10)11/h3,5,9,12H,2,4,6-7H2,1H3. The number of imidazole rings is 1. The van der Waals surface area contributed by atoms with Gasteiger partial charge in [-0.1, -0.05) is 0 Å². The number of hydrogen-bond acceptors (Lipinski definition) is 3. The van der Waals surface area contributed by atoms with Gasteiger partial charge >= 0.3 is 6.55 Å². The van der Waals surface area contributed by atoms with Gasteiger partial charge in [0.15, 0.2) is 0 Å². The normalized spacial score (nSPS) is 11.2. The van der Waals surface area contributed by atoms with Crippen molar-refractivity contribution in [2.24, 2.45) is 0 Å². The predicted octanol–water partition coefficient (Wildman–Crippen LogP) is 1.40. The Labute approximate surface area is 87.3 Å². The van der Waals surface area contributed by atoms with E-state index in [1.165, 1.54) is 12.4 Å². The fourth-order valence-electron chi connectivity index (χ4n) is 1.15. The van der Waals surface area contributed by atoms with E-state index in [9.17, 15) is 8.78 Å². The lowest BCUT2D eigenvalue weighted by molar-refractivity contribution is 0.0664. The maximum absolute atomic E-state index is 12.4. The Bertz CT molecular complexity index is 278. The Morgan fingerprint density at radius 3 is 3.07 bits per heavy atom. The van der Waals surface area contributed by atoms with Crippen LogP contribution in [0.15, 0.2) is 12.4 Å². The highest BCUT2D eigenvalue weighted by Crippen LogP contribution is 2.11. The molecule has 0 saturated carbocycles. The molecular weight excluding hydrogens is 204 g/mol. The molecule has 0 unspecified atom stereocenters. The highest BCUT2D eigenvalue weighted by atomic mass is 19.3. The molecule has 0 saturated heterocycles. The van der Waals surface area contributed by atoms with Gasteiger partial charge in [-0.15, -0.1) is 0 Å². The molecule has 1 rings (SSSR count). The second-order valence-electron chi connectivity index (χ2n) is 2.90. The monoisotopic (exact) mass is 219 g/mol. The number of rotatable bonds is 7. The molecule has 1 N–H and O–H groups in total. The van der Waals surface area contributed by atoms with Crippen LogP contribution in [0.3, 0.4) is 0 Å². The molecule has 0 radical (unpaired) electrons. The van der Waals surface area contributed by atoms with Crippen LogP contribution in [0.5, 0.6) is 0 Å². The molecular formula is C9H15F2N3O. The third kappa shape index (κ3) is 3.93. The number of ether oxygens (including phenoxy) is 1. The smallest absolute Gasteiger partial charge is 0.319 e. The van der Waals surface area contributed by atoms with Gasteiger partial charge in [-0.25, -0.2) is 4.98 Å². The topological polar surface area (TPSA) is 39.1 Å². The molecule has 6 heteroatoms. The van der Waals surface area contributed by atoms with Crippen molar-refractivity contribution < 1.29 is 13.5 Å². The molecule has 0 aromatic carbocycles. The molecule has 0 spiro atoms. The molecule has 0 amide bonds. The number of nitrogens with one attached hydrogen (secondary N) is 1. The summed E-state index contributed by atoms with van der Waals surface area (Å²) in [4.78, 5) is 3.83. The summed E-state index contributed by atoms with van der Waals surface area (Å²) in [6.07, 6.45) is 2.63. The highest BCUT2D eigenvalue weighted by molar-refractivity contribution is 4.92. The van der Waals surface area contributed by atoms with Crippen LogP contribution < -0.4 is 5.32 Å². The summed E-state index contributed by atoms with van der Waals surface area (Å²) in [7, 11) is 0. The van der Waals surface area contributed by atoms with Crippen LogP contribution in [0, 0.1) is 0 Å². The summed E-state index contributed by atoms with van der Waals surface area (Å²) in [6, 6.07) is 0. The number of aromatic nitrogens is 2. The first-order valence-electron chi connectivity index (χ1n) is 4.84. The summed E-state index contributed by atoms with van der Waals surface area (Å²) in [5.41, 5.74) is 0. The molecule has 86 valence electrons. The van der Waals surface area contributed by atoms with Crippen molar-refractivity contribution in [1.82, 2.24) is 14.9 Å². The minimum atomic E-state index is -2.53. The molecule has 0 atom stereocenters. The van der Waals surface area contributed by atoms with Crippen LogP contribution in [0.25, 0.3) is 0 Å². The first-order chi connectivity index (χ1) is 7.25. The van der Waals surface area contributed by atoms with E-state index in [1.54, 1.807) is 0 Å². The van der Waals surface area contributed by atoms with Gasteiger partial charge in [-0.3, -0.25) is 4.57 Å². The van der Waals surface area contributed by atoms with Crippen LogP contribution >= 0.6 is 0 Å². The van der Waals surface area contributed by atoms with Gasteiger partial charge < -0.3 is 10.1 Å². The average Bonchev–Trinajstić information content (AvgIpc) is 2.66. The molecule has 0 bridgehead atoms. The summed E-state index contributed by atoms with van der Waals surface area (Å²) >= 11 is 0. The maximum Gasteiger partial charge on any atom is 0.319 e. The lowest BCUT2D eigenvalue weighted by atomic mass is 10.5. The molecule has 15 heavy (non-hydrogen) atoms. The van der Waals surface area contributed by atoms with Crippen molar-refractivity contribution >= 4 is 0 Å². The summed E-state index contributed by atoms with van der Waals surface area (Å²) in [5.74, 6) is 0.335. The van der Waals surface area contributed by atoms with Gasteiger partial charge in [0.1, 0.15) is 5.82 Å². The van der Waals surface area contributed by atoms with Crippen molar-refractivity contribution in [3.63, 3.8) is 0 Å². The Morgan fingerprint density at radius 1 is 1.60 bits per heavy atom. The van der Waals surface area contributed by atoms with E-state index in [0.29, 0.717) is 32.1 Å². The molecule has 4 nitrogen and oxygen atoms in total. The van der Waals surface area contributed by atoms with Crippen LogP contribution in [0.2, 0.25) is 0 Å². The molecule has 0 aliphatic rings. The van der Waals surface area contributed by atoms with Gasteiger partial charge in [0, 0.05) is 25.5 Å². The van der Waals surface area contributed by atoms with Crippen molar-refractivity contribution in [3.05, 3.63) is 18.2 Å². The van der Waals surface area contributed by atoms with Gasteiger partial charge in [-0.05, 0) is 6.92 Å². The zero-order valence-corrected chi connectivity index (χ0v) is 8.62. The highest BCUT2D eigenvalue weighted by Gasteiger charge is 2.10. The molecule has 0 aliphatic carbocycles. The summed E-state index contributed by atoms with van der Waals surface area (Å²) in [6.45, 7) is 1.56. The lowest BCUT2D eigenvalue weighted by Crippen LogP contribution is -2.21. The minimum absolute atomic E-state index is 0.324. The first kappa shape index (κ1) is 12.1. The maximum atomic E-state index is 12.4. The van der Waals surface area contributed by atoms with E-state index < -0.39 is 6.55 Å². The van der Waals surface area contributed by atoms with Crippen molar-refractivity contribution in [2.75, 3.05) is 19.8 Å². The minimum Gasteiger partial charge on any atom is -0.380 e. The largest absolute Gasteiger partial charge is 0.380 e. The summed E-state index contributed by atoms with van der Waals surface area (Å²) in [5, 5.41) is 2.98. The molecule has 1 heterocycles. The van der Waals surface area contributed by atoms with Crippen molar-refractivity contribution in [1.29, 1.82) is 0 Å². The molecule has 0 aliphatic heterocycles. The summed E-state index contributed by atoms with van der Waals surface area (Å²) < 4.78 is 30.7. The van der Waals surface area contributed by atoms with Crippen LogP contribution in [-0.4, -0.2) is 29.3 Å². The molecule has 0 fully saturated rings. The van der Waals surface area contributed by atoms with Crippen LogP contribution in [0.4, 0.5) is 8.78 Å². The molecule has 1 aromatic rings. The second kappa shape index (κ2) is 6.47. The quantitative estimate of drug-likeness (QED) is 0.705. The third-order valence-corrected chi connectivity index (χ3v) is 1.87. The van der Waals surface area contributed by atoms with E-state index in [2.05, 4.69) is 10.3 Å². The van der Waals surface area contributed by atoms with Gasteiger partial charge in [0.2, 0.25) is 0 Å². The fourth-order valence-corrected chi connectivity index (χ4v) is 1.15. The average molecular weight is 219 g/mol. The second-order valence-corrected chi connectivity index (χ2v) is 2.90. The van der Waals surface area contributed by atoms with E-state index in [-0.39, 0.29) is 0 Å². The van der Waals surface area contributed by atoms with Crippen molar-refractivity contribution in [3.8, 4) is 0 Å². The van der Waals surface area contributed by atoms with E-state index >= 15 is 0 Å². The predicted molar refractivity (Wildman–Crippen MR) is 51.7 cm³/mol. The zero-order chi connectivity index (χ0) is 11.1. The lowest BCUT2D eigenvalue weighted by Gasteiger charge is -2.07. The Kier molecular flexibility index (Phi) is 5.20. The fraction of sp³-hybridized carbons (Fsp3) is 0.667. The van der Waals surface area contributed by atoms with Gasteiger partial charge in [0.05, 0.1) is 13.2 Å². The van der Waals surface area contributed by atoms with E-state index in [0.717, 1.165) is 4.57 Å². The number of nitrogens with zero attached hydrogens (tertiary/aromatic N) is 2. The van der Waals surface area contributed by atoms with Crippen LogP contribution in [-0.2, 0) is 11.3 Å². The van der Waals surface area contributed by atoms with Gasteiger partial charge in [-0.2, -0.15) is 8.78 Å². The number of hydrogen-bond donors (Lipinski definition) is 1. The van der Waals surface area contributed by atoms with Gasteiger partial charge in [0.25, 0.3) is 0 Å². The Balaban J connectivity index is 2.28. The number of halogens is 2. The van der Waals surface area contributed by atoms with E-state index in [4.69, 9.17) is 4.74 Å². The first-order valence-corrected chi connectivity index (χ1v) is 4.84. The van der Waals surface area contributed by atoms with Crippen LogP contribution in [0.1, 0.15) is 19.3 Å². The van der Waals surface area contributed by atoms with Crippen molar-refractivity contribution in [2.45, 2.75) is 20.0 Å². The SMILES string of the molecule is CCOCCNCc1nccn1C(F)F. The number of alkyl halides is 2. The third-order valence-electron chi connectivity index (χ3n) is 1.87. The van der Waals surface area contributed by atoms with E-state index in [1.807, 2.05) is 6.92 Å².